The minimum atomic E-state index is -0.476. The molecule has 0 aliphatic rings. The summed E-state index contributed by atoms with van der Waals surface area (Å²) in [6, 6.07) is 7.62. The molecule has 0 radical (unpaired) electrons. The number of hydrogen-bond acceptors (Lipinski definition) is 2. The molecule has 0 aliphatic heterocycles. The summed E-state index contributed by atoms with van der Waals surface area (Å²) in [6.07, 6.45) is 0.842. The SMILES string of the molecule is CCc1ccccc1-c1[nH]nc(N)c1F. The number of nitrogens with zero attached hydrogens (tertiary/aromatic N) is 1. The fraction of sp³-hybridized carbons (Fsp3) is 0.182. The number of hydrogen-bond donors (Lipinski definition) is 2. The van der Waals surface area contributed by atoms with Crippen molar-refractivity contribution < 1.29 is 4.39 Å². The van der Waals surface area contributed by atoms with Gasteiger partial charge in [0, 0.05) is 5.56 Å². The van der Waals surface area contributed by atoms with Gasteiger partial charge in [0.05, 0.1) is 0 Å². The van der Waals surface area contributed by atoms with Gasteiger partial charge in [0.1, 0.15) is 5.69 Å². The Labute approximate surface area is 87.1 Å². The van der Waals surface area contributed by atoms with Gasteiger partial charge in [0.2, 0.25) is 0 Å². The van der Waals surface area contributed by atoms with Crippen LogP contribution in [0.25, 0.3) is 11.3 Å². The van der Waals surface area contributed by atoms with Gasteiger partial charge < -0.3 is 5.73 Å². The number of H-pyrrole nitrogens is 1. The molecule has 0 aliphatic carbocycles. The predicted octanol–water partition coefficient (Wildman–Crippen LogP) is 2.36. The van der Waals surface area contributed by atoms with Crippen LogP contribution in [0.15, 0.2) is 24.3 Å². The van der Waals surface area contributed by atoms with Crippen LogP contribution in [0.5, 0.6) is 0 Å². The van der Waals surface area contributed by atoms with Crippen molar-refractivity contribution in [2.45, 2.75) is 13.3 Å². The maximum absolute atomic E-state index is 13.5. The number of nitrogens with two attached hydrogens (primary N) is 1. The van der Waals surface area contributed by atoms with Gasteiger partial charge in [-0.3, -0.25) is 5.10 Å². The van der Waals surface area contributed by atoms with Gasteiger partial charge in [-0.25, -0.2) is 4.39 Å². The highest BCUT2D eigenvalue weighted by atomic mass is 19.1. The van der Waals surface area contributed by atoms with E-state index < -0.39 is 5.82 Å². The number of anilines is 1. The van der Waals surface area contributed by atoms with E-state index >= 15 is 0 Å². The molecule has 78 valence electrons. The Bertz CT molecular complexity index is 476. The van der Waals surface area contributed by atoms with Gasteiger partial charge in [-0.2, -0.15) is 5.10 Å². The fourth-order valence-electron chi connectivity index (χ4n) is 1.59. The lowest BCUT2D eigenvalue weighted by Crippen LogP contribution is -1.90. The summed E-state index contributed by atoms with van der Waals surface area (Å²) < 4.78 is 13.5. The Hall–Kier alpha value is -1.84. The maximum Gasteiger partial charge on any atom is 0.192 e. The number of aryl methyl sites for hydroxylation is 1. The summed E-state index contributed by atoms with van der Waals surface area (Å²) in [7, 11) is 0. The number of nitrogens with one attached hydrogen (secondary N) is 1. The van der Waals surface area contributed by atoms with Crippen LogP contribution >= 0.6 is 0 Å². The van der Waals surface area contributed by atoms with Crippen molar-refractivity contribution in [3.8, 4) is 11.3 Å². The standard InChI is InChI=1S/C11H12FN3/c1-2-7-5-3-4-6-8(7)10-9(12)11(13)15-14-10/h3-6H,2H2,1H3,(H3,13,14,15). The molecule has 0 amide bonds. The minimum absolute atomic E-state index is 0.0871. The van der Waals surface area contributed by atoms with Crippen molar-refractivity contribution >= 4 is 5.82 Å². The van der Waals surface area contributed by atoms with Crippen molar-refractivity contribution in [2.24, 2.45) is 0 Å². The number of nitrogen functional groups attached to an aromatic ring is 1. The number of rotatable bonds is 2. The molecule has 4 heteroatoms. The molecule has 2 rings (SSSR count). The molecule has 15 heavy (non-hydrogen) atoms. The van der Waals surface area contributed by atoms with Crippen molar-refractivity contribution in [2.75, 3.05) is 5.73 Å². The average Bonchev–Trinajstić information content (AvgIpc) is 2.60. The second kappa shape index (κ2) is 3.73. The molecule has 0 fully saturated rings. The van der Waals surface area contributed by atoms with Gasteiger partial charge in [0.15, 0.2) is 11.6 Å². The zero-order chi connectivity index (χ0) is 10.8. The van der Waals surface area contributed by atoms with E-state index in [0.29, 0.717) is 5.69 Å². The topological polar surface area (TPSA) is 54.7 Å². The summed E-state index contributed by atoms with van der Waals surface area (Å²) in [4.78, 5) is 0. The predicted molar refractivity (Wildman–Crippen MR) is 57.8 cm³/mol. The Morgan fingerprint density at radius 3 is 2.73 bits per heavy atom. The van der Waals surface area contributed by atoms with E-state index in [9.17, 15) is 4.39 Å². The summed E-state index contributed by atoms with van der Waals surface area (Å²) in [6.45, 7) is 2.02. The van der Waals surface area contributed by atoms with Crippen molar-refractivity contribution in [3.05, 3.63) is 35.6 Å². The quantitative estimate of drug-likeness (QED) is 0.790. The first-order valence-electron chi connectivity index (χ1n) is 4.81. The van der Waals surface area contributed by atoms with E-state index in [0.717, 1.165) is 17.5 Å². The molecule has 0 unspecified atom stereocenters. The molecule has 1 heterocycles. The summed E-state index contributed by atoms with van der Waals surface area (Å²) in [5, 5.41) is 6.26. The van der Waals surface area contributed by atoms with E-state index in [1.165, 1.54) is 0 Å². The highest BCUT2D eigenvalue weighted by molar-refractivity contribution is 5.66. The smallest absolute Gasteiger partial charge is 0.192 e. The molecular formula is C11H12FN3. The second-order valence-corrected chi connectivity index (χ2v) is 3.31. The molecule has 1 aromatic carbocycles. The van der Waals surface area contributed by atoms with Crippen LogP contribution < -0.4 is 5.73 Å². The van der Waals surface area contributed by atoms with Gasteiger partial charge in [0.25, 0.3) is 0 Å². The van der Waals surface area contributed by atoms with Crippen LogP contribution in [-0.2, 0) is 6.42 Å². The Morgan fingerprint density at radius 2 is 2.13 bits per heavy atom. The summed E-state index contributed by atoms with van der Waals surface area (Å²) in [5.74, 6) is -0.563. The molecule has 0 atom stereocenters. The third-order valence-corrected chi connectivity index (χ3v) is 2.40. The zero-order valence-corrected chi connectivity index (χ0v) is 8.42. The van der Waals surface area contributed by atoms with E-state index in [-0.39, 0.29) is 5.82 Å². The molecule has 0 spiro atoms. The normalized spacial score (nSPS) is 10.5. The minimum Gasteiger partial charge on any atom is -0.380 e. The first kappa shape index (κ1) is 9.71. The lowest BCUT2D eigenvalue weighted by Gasteiger charge is -2.04. The number of halogens is 1. The molecule has 1 aromatic heterocycles. The van der Waals surface area contributed by atoms with Crippen LogP contribution in [0.3, 0.4) is 0 Å². The second-order valence-electron chi connectivity index (χ2n) is 3.31. The van der Waals surface area contributed by atoms with Gasteiger partial charge >= 0.3 is 0 Å². The number of benzene rings is 1. The Kier molecular flexibility index (Phi) is 2.41. The van der Waals surface area contributed by atoms with Crippen LogP contribution in [-0.4, -0.2) is 10.2 Å². The fourth-order valence-corrected chi connectivity index (χ4v) is 1.59. The van der Waals surface area contributed by atoms with Crippen molar-refractivity contribution in [1.29, 1.82) is 0 Å². The Balaban J connectivity index is 2.58. The number of aromatic nitrogens is 2. The molecule has 3 nitrogen and oxygen atoms in total. The molecular weight excluding hydrogens is 193 g/mol. The molecule has 0 saturated heterocycles. The third-order valence-electron chi connectivity index (χ3n) is 2.40. The van der Waals surface area contributed by atoms with Gasteiger partial charge in [-0.05, 0) is 12.0 Å². The summed E-state index contributed by atoms with van der Waals surface area (Å²) in [5.41, 5.74) is 7.61. The zero-order valence-electron chi connectivity index (χ0n) is 8.42. The lowest BCUT2D eigenvalue weighted by atomic mass is 10.0. The van der Waals surface area contributed by atoms with Crippen LogP contribution in [0.1, 0.15) is 12.5 Å². The van der Waals surface area contributed by atoms with E-state index in [1.807, 2.05) is 31.2 Å². The molecule has 3 N–H and O–H groups in total. The lowest BCUT2D eigenvalue weighted by molar-refractivity contribution is 0.636. The van der Waals surface area contributed by atoms with Crippen molar-refractivity contribution in [1.82, 2.24) is 10.2 Å². The monoisotopic (exact) mass is 205 g/mol. The first-order chi connectivity index (χ1) is 7.24. The van der Waals surface area contributed by atoms with E-state index in [1.54, 1.807) is 0 Å². The van der Waals surface area contributed by atoms with Crippen LogP contribution in [0.4, 0.5) is 10.2 Å². The largest absolute Gasteiger partial charge is 0.380 e. The Morgan fingerprint density at radius 1 is 1.40 bits per heavy atom. The number of aromatic amines is 1. The van der Waals surface area contributed by atoms with Crippen LogP contribution in [0, 0.1) is 5.82 Å². The highest BCUT2D eigenvalue weighted by Crippen LogP contribution is 2.26. The molecule has 0 saturated carbocycles. The maximum atomic E-state index is 13.5. The van der Waals surface area contributed by atoms with Gasteiger partial charge in [-0.15, -0.1) is 0 Å². The summed E-state index contributed by atoms with van der Waals surface area (Å²) >= 11 is 0. The average molecular weight is 205 g/mol. The first-order valence-corrected chi connectivity index (χ1v) is 4.81. The molecule has 2 aromatic rings. The van der Waals surface area contributed by atoms with Crippen LogP contribution in [0.2, 0.25) is 0 Å². The van der Waals surface area contributed by atoms with E-state index in [2.05, 4.69) is 10.2 Å². The van der Waals surface area contributed by atoms with E-state index in [4.69, 9.17) is 5.73 Å². The van der Waals surface area contributed by atoms with Crippen molar-refractivity contribution in [3.63, 3.8) is 0 Å². The molecule has 0 bridgehead atoms. The third kappa shape index (κ3) is 1.58. The highest BCUT2D eigenvalue weighted by Gasteiger charge is 2.13. The van der Waals surface area contributed by atoms with Gasteiger partial charge in [-0.1, -0.05) is 31.2 Å².